The number of carboxylic acids is 1. The maximum absolute atomic E-state index is 10.7. The number of phenolic OH excluding ortho intramolecular Hbond substituents is 1. The monoisotopic (exact) mass is 354 g/mol. The molecular formula is C23H30O3. The number of benzene rings is 1. The Labute approximate surface area is 156 Å². The fourth-order valence-corrected chi connectivity index (χ4v) is 6.21. The molecule has 1 fully saturated rings. The van der Waals surface area contributed by atoms with Crippen LogP contribution in [0.15, 0.2) is 24.3 Å². The van der Waals surface area contributed by atoms with E-state index in [0.717, 1.165) is 37.5 Å². The van der Waals surface area contributed by atoms with Crippen LogP contribution < -0.4 is 0 Å². The van der Waals surface area contributed by atoms with E-state index >= 15 is 0 Å². The summed E-state index contributed by atoms with van der Waals surface area (Å²) >= 11 is 0. The minimum absolute atomic E-state index is 0.309. The van der Waals surface area contributed by atoms with Crippen LogP contribution in [0.5, 0.6) is 5.75 Å². The molecule has 3 heteroatoms. The average Bonchev–Trinajstić information content (AvgIpc) is 2.94. The first-order valence-corrected chi connectivity index (χ1v) is 10.2. The summed E-state index contributed by atoms with van der Waals surface area (Å²) in [6.07, 6.45) is 11.9. The third kappa shape index (κ3) is 2.95. The molecule has 0 spiro atoms. The zero-order chi connectivity index (χ0) is 18.3. The van der Waals surface area contributed by atoms with Crippen molar-refractivity contribution in [2.24, 2.45) is 23.2 Å². The second-order valence-corrected chi connectivity index (χ2v) is 8.88. The number of carbonyl (C=O) groups is 1. The van der Waals surface area contributed by atoms with E-state index in [-0.39, 0.29) is 0 Å². The Morgan fingerprint density at radius 2 is 2.08 bits per heavy atom. The predicted octanol–water partition coefficient (Wildman–Crippen LogP) is 5.42. The molecule has 0 unspecified atom stereocenters. The maximum atomic E-state index is 10.7. The summed E-state index contributed by atoms with van der Waals surface area (Å²) in [7, 11) is 0. The van der Waals surface area contributed by atoms with Crippen LogP contribution in [0.4, 0.5) is 0 Å². The molecule has 3 aliphatic rings. The van der Waals surface area contributed by atoms with Gasteiger partial charge in [-0.05, 0) is 96.9 Å². The largest absolute Gasteiger partial charge is 0.508 e. The normalized spacial score (nSPS) is 32.3. The molecule has 1 aromatic rings. The summed E-state index contributed by atoms with van der Waals surface area (Å²) < 4.78 is 0. The smallest absolute Gasteiger partial charge is 0.303 e. The molecule has 26 heavy (non-hydrogen) atoms. The first kappa shape index (κ1) is 17.6. The van der Waals surface area contributed by atoms with Crippen LogP contribution in [-0.2, 0) is 11.2 Å². The number of hydrogen-bond acceptors (Lipinski definition) is 2. The summed E-state index contributed by atoms with van der Waals surface area (Å²) in [6, 6.07) is 5.89. The molecule has 140 valence electrons. The van der Waals surface area contributed by atoms with Crippen LogP contribution in [0.25, 0.3) is 5.57 Å². The highest BCUT2D eigenvalue weighted by atomic mass is 16.4. The van der Waals surface area contributed by atoms with Gasteiger partial charge in [-0.3, -0.25) is 4.79 Å². The van der Waals surface area contributed by atoms with Gasteiger partial charge in [0.05, 0.1) is 0 Å². The minimum atomic E-state index is -0.669. The standard InChI is InChI=1S/C23H30O3/c1-23-13-12-19-18-10-8-17(24)14-15(18)6-9-20(19)21(23)11-7-16(23)4-2-3-5-22(25)26/h8,10,12,14,16,20-21,24H,2-7,9,11,13H2,1H3,(H,25,26)/t16-,20+,21-,23+/m0/s1. The Hall–Kier alpha value is -1.77. The van der Waals surface area contributed by atoms with Crippen LogP contribution in [0, 0.1) is 23.2 Å². The first-order valence-electron chi connectivity index (χ1n) is 10.2. The van der Waals surface area contributed by atoms with Gasteiger partial charge < -0.3 is 10.2 Å². The van der Waals surface area contributed by atoms with E-state index in [1.54, 1.807) is 0 Å². The van der Waals surface area contributed by atoms with Crippen molar-refractivity contribution in [2.45, 2.75) is 64.7 Å². The highest BCUT2D eigenvalue weighted by Crippen LogP contribution is 2.61. The number of aliphatic carboxylic acids is 1. The number of phenols is 1. The Morgan fingerprint density at radius 1 is 1.23 bits per heavy atom. The Balaban J connectivity index is 1.51. The molecule has 1 saturated carbocycles. The van der Waals surface area contributed by atoms with Gasteiger partial charge in [0, 0.05) is 6.42 Å². The van der Waals surface area contributed by atoms with Crippen LogP contribution >= 0.6 is 0 Å². The quantitative estimate of drug-likeness (QED) is 0.694. The van der Waals surface area contributed by atoms with Crippen molar-refractivity contribution in [1.82, 2.24) is 0 Å². The summed E-state index contributed by atoms with van der Waals surface area (Å²) in [5.74, 6) is 1.87. The molecule has 1 aromatic carbocycles. The number of unbranched alkanes of at least 4 members (excludes halogenated alkanes) is 1. The number of aromatic hydroxyl groups is 1. The minimum Gasteiger partial charge on any atom is -0.508 e. The van der Waals surface area contributed by atoms with Crippen molar-refractivity contribution in [2.75, 3.05) is 0 Å². The molecule has 3 aliphatic carbocycles. The second-order valence-electron chi connectivity index (χ2n) is 8.88. The van der Waals surface area contributed by atoms with Gasteiger partial charge in [-0.15, -0.1) is 0 Å². The van der Waals surface area contributed by atoms with Gasteiger partial charge in [0.15, 0.2) is 0 Å². The van der Waals surface area contributed by atoms with Gasteiger partial charge in [-0.2, -0.15) is 0 Å². The lowest BCUT2D eigenvalue weighted by atomic mass is 9.58. The number of allylic oxidation sites excluding steroid dienone is 2. The molecule has 4 atom stereocenters. The van der Waals surface area contributed by atoms with Gasteiger partial charge in [0.25, 0.3) is 0 Å². The van der Waals surface area contributed by atoms with Crippen molar-refractivity contribution in [3.05, 3.63) is 35.4 Å². The molecule has 0 radical (unpaired) electrons. The van der Waals surface area contributed by atoms with Gasteiger partial charge in [-0.1, -0.05) is 25.5 Å². The van der Waals surface area contributed by atoms with Crippen LogP contribution in [0.2, 0.25) is 0 Å². The SMILES string of the molecule is C[C@]12CC=C3c4ccc(O)cc4CC[C@H]3[C@@H]1CC[C@@H]2CCCCC(=O)O. The van der Waals surface area contributed by atoms with Crippen LogP contribution in [0.3, 0.4) is 0 Å². The number of rotatable bonds is 5. The Bertz CT molecular complexity index is 735. The van der Waals surface area contributed by atoms with Crippen molar-refractivity contribution in [1.29, 1.82) is 0 Å². The topological polar surface area (TPSA) is 57.5 Å². The van der Waals surface area contributed by atoms with Crippen molar-refractivity contribution < 1.29 is 15.0 Å². The lowest BCUT2D eigenvalue weighted by Gasteiger charge is -2.47. The van der Waals surface area contributed by atoms with Crippen molar-refractivity contribution in [3.8, 4) is 5.75 Å². The van der Waals surface area contributed by atoms with Crippen molar-refractivity contribution in [3.63, 3.8) is 0 Å². The fraction of sp³-hybridized carbons (Fsp3) is 0.609. The Morgan fingerprint density at radius 3 is 2.88 bits per heavy atom. The van der Waals surface area contributed by atoms with E-state index in [4.69, 9.17) is 5.11 Å². The zero-order valence-electron chi connectivity index (χ0n) is 15.7. The molecule has 0 amide bonds. The average molecular weight is 354 g/mol. The van der Waals surface area contributed by atoms with Crippen LogP contribution in [0.1, 0.15) is 69.4 Å². The predicted molar refractivity (Wildman–Crippen MR) is 103 cm³/mol. The third-order valence-electron chi connectivity index (χ3n) is 7.57. The summed E-state index contributed by atoms with van der Waals surface area (Å²) in [5.41, 5.74) is 4.58. The highest BCUT2D eigenvalue weighted by Gasteiger charge is 2.51. The second kappa shape index (κ2) is 6.75. The lowest BCUT2D eigenvalue weighted by molar-refractivity contribution is -0.137. The molecule has 3 nitrogen and oxygen atoms in total. The summed E-state index contributed by atoms with van der Waals surface area (Å²) in [5, 5.41) is 18.6. The molecule has 0 aliphatic heterocycles. The van der Waals surface area contributed by atoms with E-state index in [9.17, 15) is 9.90 Å². The third-order valence-corrected chi connectivity index (χ3v) is 7.57. The van der Waals surface area contributed by atoms with Crippen LogP contribution in [-0.4, -0.2) is 16.2 Å². The number of carboxylic acid groups (broad SMARTS) is 1. The number of aryl methyl sites for hydroxylation is 1. The van der Waals surface area contributed by atoms with E-state index in [2.05, 4.69) is 19.1 Å². The van der Waals surface area contributed by atoms with Gasteiger partial charge in [0.1, 0.15) is 5.75 Å². The highest BCUT2D eigenvalue weighted by molar-refractivity contribution is 5.73. The first-order chi connectivity index (χ1) is 12.5. The van der Waals surface area contributed by atoms with E-state index in [1.807, 2.05) is 12.1 Å². The molecule has 2 N–H and O–H groups in total. The molecule has 0 bridgehead atoms. The molecule has 0 saturated heterocycles. The van der Waals surface area contributed by atoms with Gasteiger partial charge in [-0.25, -0.2) is 0 Å². The fourth-order valence-electron chi connectivity index (χ4n) is 6.21. The van der Waals surface area contributed by atoms with E-state index in [0.29, 0.717) is 23.5 Å². The molecular weight excluding hydrogens is 324 g/mol. The zero-order valence-corrected chi connectivity index (χ0v) is 15.7. The molecule has 4 rings (SSSR count). The summed E-state index contributed by atoms with van der Waals surface area (Å²) in [4.78, 5) is 10.7. The lowest BCUT2D eigenvalue weighted by Crippen LogP contribution is -2.38. The Kier molecular flexibility index (Phi) is 4.58. The number of hydrogen-bond donors (Lipinski definition) is 2. The van der Waals surface area contributed by atoms with E-state index < -0.39 is 5.97 Å². The molecule has 0 aromatic heterocycles. The van der Waals surface area contributed by atoms with Gasteiger partial charge in [0.2, 0.25) is 0 Å². The van der Waals surface area contributed by atoms with Gasteiger partial charge >= 0.3 is 5.97 Å². The van der Waals surface area contributed by atoms with Crippen molar-refractivity contribution >= 4 is 11.5 Å². The maximum Gasteiger partial charge on any atom is 0.303 e. The summed E-state index contributed by atoms with van der Waals surface area (Å²) in [6.45, 7) is 2.49. The number of fused-ring (bicyclic) bond motifs is 5. The van der Waals surface area contributed by atoms with E-state index in [1.165, 1.54) is 42.4 Å². The molecule has 0 heterocycles.